The third-order valence-corrected chi connectivity index (χ3v) is 5.95. The smallest absolute Gasteiger partial charge is 0.285 e. The number of nitrogens with zero attached hydrogens (tertiary/aromatic N) is 4. The minimum absolute atomic E-state index is 0.263. The highest BCUT2D eigenvalue weighted by Gasteiger charge is 2.31. The van der Waals surface area contributed by atoms with E-state index in [1.54, 1.807) is 17.0 Å². The van der Waals surface area contributed by atoms with Gasteiger partial charge in [-0.1, -0.05) is 6.92 Å². The number of aromatic nitrogens is 4. The van der Waals surface area contributed by atoms with Gasteiger partial charge in [0.25, 0.3) is 5.91 Å². The Kier molecular flexibility index (Phi) is 5.44. The number of hydrogen-bond donors (Lipinski definition) is 2. The maximum atomic E-state index is 12.2. The van der Waals surface area contributed by atoms with E-state index in [4.69, 9.17) is 0 Å². The summed E-state index contributed by atoms with van der Waals surface area (Å²) < 4.78 is 31.8. The fourth-order valence-electron chi connectivity index (χ4n) is 3.39. The molecule has 0 saturated heterocycles. The molecular weight excluding hydrogens is 404 g/mol. The number of pyridine rings is 1. The molecule has 0 bridgehead atoms. The van der Waals surface area contributed by atoms with E-state index in [1.807, 2.05) is 47.7 Å². The number of nitrogens with one attached hydrogen (secondary N) is 2. The number of carbonyl (C=O) groups is 1. The highest BCUT2D eigenvalue weighted by atomic mass is 32.2. The van der Waals surface area contributed by atoms with Gasteiger partial charge in [-0.05, 0) is 43.5 Å². The summed E-state index contributed by atoms with van der Waals surface area (Å²) >= 11 is 0. The van der Waals surface area contributed by atoms with Crippen LogP contribution in [0.3, 0.4) is 0 Å². The average molecular weight is 429 g/mol. The van der Waals surface area contributed by atoms with Crippen molar-refractivity contribution >= 4 is 33.2 Å². The van der Waals surface area contributed by atoms with E-state index in [1.165, 1.54) is 6.08 Å². The van der Waals surface area contributed by atoms with Crippen LogP contribution < -0.4 is 9.44 Å². The molecule has 2 N–H and O–H groups in total. The molecule has 10 heteroatoms. The normalized spacial score (nSPS) is 14.6. The van der Waals surface area contributed by atoms with Gasteiger partial charge in [-0.2, -0.15) is 18.2 Å². The van der Waals surface area contributed by atoms with Crippen LogP contribution in [-0.4, -0.2) is 40.2 Å². The lowest BCUT2D eigenvalue weighted by Crippen LogP contribution is -2.39. The summed E-state index contributed by atoms with van der Waals surface area (Å²) in [7, 11) is -2.02. The summed E-state index contributed by atoms with van der Waals surface area (Å²) in [5.74, 6) is 0.407. The molecule has 158 valence electrons. The molecule has 3 aromatic heterocycles. The van der Waals surface area contributed by atoms with Gasteiger partial charge in [0, 0.05) is 48.9 Å². The second kappa shape index (κ2) is 8.04. The second-order valence-corrected chi connectivity index (χ2v) is 8.82. The van der Waals surface area contributed by atoms with Crippen LogP contribution in [0.1, 0.15) is 43.4 Å². The zero-order chi connectivity index (χ0) is 21.3. The van der Waals surface area contributed by atoms with E-state index in [0.717, 1.165) is 41.0 Å². The van der Waals surface area contributed by atoms with Crippen LogP contribution in [0.4, 0.5) is 0 Å². The Morgan fingerprint density at radius 3 is 2.87 bits per heavy atom. The van der Waals surface area contributed by atoms with Gasteiger partial charge < -0.3 is 0 Å². The lowest BCUT2D eigenvalue weighted by Gasteiger charge is -2.08. The molecule has 1 saturated carbocycles. The molecule has 1 aliphatic carbocycles. The van der Waals surface area contributed by atoms with Crippen molar-refractivity contribution in [1.29, 1.82) is 0 Å². The van der Waals surface area contributed by atoms with Crippen molar-refractivity contribution < 1.29 is 13.2 Å². The molecule has 0 unspecified atom stereocenters. The van der Waals surface area contributed by atoms with Gasteiger partial charge in [-0.3, -0.25) is 14.0 Å². The Morgan fingerprint density at radius 2 is 2.13 bits per heavy atom. The molecule has 4 rings (SSSR count). The number of hydrogen-bond acceptors (Lipinski definition) is 5. The van der Waals surface area contributed by atoms with Crippen molar-refractivity contribution in [2.75, 3.05) is 6.54 Å². The molecule has 3 heterocycles. The summed E-state index contributed by atoms with van der Waals surface area (Å²) in [6, 6.07) is 5.83. The van der Waals surface area contributed by atoms with E-state index < -0.39 is 16.1 Å². The fourth-order valence-corrected chi connectivity index (χ4v) is 4.27. The quantitative estimate of drug-likeness (QED) is 0.533. The van der Waals surface area contributed by atoms with E-state index in [2.05, 4.69) is 14.8 Å². The first-order valence-corrected chi connectivity index (χ1v) is 11.4. The standard InChI is InChI=1S/C20H24N6O3S/c1-3-11-22-30(28,29)24-17(27)9-8-16-18(14-6-7-14)23-25(2)20(16)26-13-10-15-5-4-12-21-19(15)26/h4-5,8-10,12-14,22H,3,6-7,11H2,1-2H3,(H,24,27)/b9-8+. The molecule has 1 fully saturated rings. The molecule has 0 aliphatic heterocycles. The summed E-state index contributed by atoms with van der Waals surface area (Å²) in [4.78, 5) is 16.7. The Hall–Kier alpha value is -2.98. The third-order valence-electron chi connectivity index (χ3n) is 4.90. The highest BCUT2D eigenvalue weighted by molar-refractivity contribution is 7.88. The average Bonchev–Trinajstić information content (AvgIpc) is 3.39. The van der Waals surface area contributed by atoms with E-state index in [0.29, 0.717) is 12.3 Å². The molecule has 0 atom stereocenters. The SMILES string of the molecule is CCCNS(=O)(=O)NC(=O)/C=C/c1c(C2CC2)nn(C)c1-n1ccc2cccnc21. The molecule has 1 aliphatic rings. The maximum absolute atomic E-state index is 12.2. The molecule has 0 radical (unpaired) electrons. The molecule has 1 amide bonds. The summed E-state index contributed by atoms with van der Waals surface area (Å²) in [6.07, 6.45) is 9.24. The number of aryl methyl sites for hydroxylation is 1. The maximum Gasteiger partial charge on any atom is 0.301 e. The van der Waals surface area contributed by atoms with Crippen LogP contribution in [0.5, 0.6) is 0 Å². The van der Waals surface area contributed by atoms with Crippen LogP contribution in [0.15, 0.2) is 36.7 Å². The molecule has 9 nitrogen and oxygen atoms in total. The van der Waals surface area contributed by atoms with Crippen LogP contribution >= 0.6 is 0 Å². The topological polar surface area (TPSA) is 111 Å². The summed E-state index contributed by atoms with van der Waals surface area (Å²) in [5.41, 5.74) is 2.48. The lowest BCUT2D eigenvalue weighted by molar-refractivity contribution is -0.114. The Morgan fingerprint density at radius 1 is 1.33 bits per heavy atom. The molecular formula is C20H24N6O3S. The van der Waals surface area contributed by atoms with Gasteiger partial charge in [0.05, 0.1) is 5.69 Å². The number of rotatable bonds is 8. The number of fused-ring (bicyclic) bond motifs is 1. The van der Waals surface area contributed by atoms with Gasteiger partial charge in [0.2, 0.25) is 0 Å². The van der Waals surface area contributed by atoms with Crippen molar-refractivity contribution in [3.8, 4) is 5.82 Å². The predicted octanol–water partition coefficient (Wildman–Crippen LogP) is 2.01. The van der Waals surface area contributed by atoms with Gasteiger partial charge in [0.1, 0.15) is 11.5 Å². The van der Waals surface area contributed by atoms with Crippen molar-refractivity contribution in [2.45, 2.75) is 32.1 Å². The van der Waals surface area contributed by atoms with E-state index in [9.17, 15) is 13.2 Å². The van der Waals surface area contributed by atoms with Gasteiger partial charge in [-0.25, -0.2) is 9.71 Å². The first kappa shape index (κ1) is 20.3. The molecule has 3 aromatic rings. The van der Waals surface area contributed by atoms with Crippen molar-refractivity contribution in [3.63, 3.8) is 0 Å². The van der Waals surface area contributed by atoms with Crippen LogP contribution in [0, 0.1) is 0 Å². The van der Waals surface area contributed by atoms with Crippen LogP contribution in [0.25, 0.3) is 22.9 Å². The van der Waals surface area contributed by atoms with Gasteiger partial charge in [0.15, 0.2) is 0 Å². The Bertz CT molecular complexity index is 1220. The summed E-state index contributed by atoms with van der Waals surface area (Å²) in [6.45, 7) is 2.10. The van der Waals surface area contributed by atoms with Crippen LogP contribution in [0.2, 0.25) is 0 Å². The minimum Gasteiger partial charge on any atom is -0.285 e. The van der Waals surface area contributed by atoms with Gasteiger partial charge >= 0.3 is 10.2 Å². The lowest BCUT2D eigenvalue weighted by atomic mass is 10.1. The van der Waals surface area contributed by atoms with E-state index in [-0.39, 0.29) is 6.54 Å². The monoisotopic (exact) mass is 428 g/mol. The molecule has 0 spiro atoms. The zero-order valence-corrected chi connectivity index (χ0v) is 17.7. The van der Waals surface area contributed by atoms with Crippen molar-refractivity contribution in [3.05, 3.63) is 47.9 Å². The van der Waals surface area contributed by atoms with Crippen molar-refractivity contribution in [2.24, 2.45) is 7.05 Å². The third kappa shape index (κ3) is 4.14. The van der Waals surface area contributed by atoms with Crippen LogP contribution in [-0.2, 0) is 22.1 Å². The Balaban J connectivity index is 1.69. The van der Waals surface area contributed by atoms with E-state index >= 15 is 0 Å². The zero-order valence-electron chi connectivity index (χ0n) is 16.9. The Labute approximate surface area is 175 Å². The molecule has 30 heavy (non-hydrogen) atoms. The first-order valence-electron chi connectivity index (χ1n) is 9.88. The predicted molar refractivity (Wildman–Crippen MR) is 114 cm³/mol. The molecule has 0 aromatic carbocycles. The summed E-state index contributed by atoms with van der Waals surface area (Å²) in [5, 5.41) is 5.68. The van der Waals surface area contributed by atoms with Crippen molar-refractivity contribution in [1.82, 2.24) is 28.8 Å². The minimum atomic E-state index is -3.88. The number of amides is 1. The fraction of sp³-hybridized carbons (Fsp3) is 0.350. The first-order chi connectivity index (χ1) is 14.4. The largest absolute Gasteiger partial charge is 0.301 e. The highest BCUT2D eigenvalue weighted by Crippen LogP contribution is 2.42. The number of carbonyl (C=O) groups excluding carboxylic acids is 1. The second-order valence-electron chi connectivity index (χ2n) is 7.32. The van der Waals surface area contributed by atoms with Gasteiger partial charge in [-0.15, -0.1) is 0 Å².